The number of hydrogen-bond acceptors (Lipinski definition) is 5. The van der Waals surface area contributed by atoms with E-state index >= 15 is 0 Å². The van der Waals surface area contributed by atoms with E-state index in [9.17, 15) is 10.1 Å². The van der Waals surface area contributed by atoms with Crippen LogP contribution in [-0.4, -0.2) is 31.7 Å². The van der Waals surface area contributed by atoms with E-state index in [1.54, 1.807) is 12.1 Å². The molecule has 1 heterocycles. The Morgan fingerprint density at radius 1 is 1.59 bits per heavy atom. The third-order valence-electron chi connectivity index (χ3n) is 2.71. The number of morpholine rings is 1. The van der Waals surface area contributed by atoms with Crippen LogP contribution in [0.4, 0.5) is 5.69 Å². The van der Waals surface area contributed by atoms with Crippen LogP contribution < -0.4 is 10.1 Å². The van der Waals surface area contributed by atoms with E-state index < -0.39 is 4.92 Å². The van der Waals surface area contributed by atoms with Gasteiger partial charge in [0.2, 0.25) is 0 Å². The minimum absolute atomic E-state index is 0.0399. The second-order valence-corrected chi connectivity index (χ2v) is 3.75. The normalized spacial score (nSPS) is 19.9. The van der Waals surface area contributed by atoms with Crippen molar-refractivity contribution in [3.8, 4) is 5.75 Å². The van der Waals surface area contributed by atoms with Gasteiger partial charge in [0.1, 0.15) is 11.9 Å². The average Bonchev–Trinajstić information content (AvgIpc) is 2.39. The van der Waals surface area contributed by atoms with Crippen LogP contribution in [-0.2, 0) is 4.74 Å². The smallest absolute Gasteiger partial charge is 0.278 e. The van der Waals surface area contributed by atoms with Gasteiger partial charge >= 0.3 is 0 Å². The van der Waals surface area contributed by atoms with Crippen LogP contribution in [0, 0.1) is 10.1 Å². The van der Waals surface area contributed by atoms with Gasteiger partial charge in [0, 0.05) is 13.1 Å². The van der Waals surface area contributed by atoms with E-state index in [-0.39, 0.29) is 11.8 Å². The molecule has 92 valence electrons. The minimum Gasteiger partial charge on any atom is -0.497 e. The fraction of sp³-hybridized carbons (Fsp3) is 0.455. The molecular formula is C11H14N2O4. The van der Waals surface area contributed by atoms with Gasteiger partial charge in [-0.25, -0.2) is 0 Å². The summed E-state index contributed by atoms with van der Waals surface area (Å²) in [5, 5.41) is 14.2. The van der Waals surface area contributed by atoms with Gasteiger partial charge in [0.15, 0.2) is 0 Å². The maximum atomic E-state index is 11.0. The largest absolute Gasteiger partial charge is 0.497 e. The van der Waals surface area contributed by atoms with Crippen molar-refractivity contribution >= 4 is 5.69 Å². The van der Waals surface area contributed by atoms with Crippen molar-refractivity contribution < 1.29 is 14.4 Å². The summed E-state index contributed by atoms with van der Waals surface area (Å²) < 4.78 is 10.5. The number of ether oxygens (including phenoxy) is 2. The first-order valence-electron chi connectivity index (χ1n) is 5.37. The maximum Gasteiger partial charge on any atom is 0.278 e. The van der Waals surface area contributed by atoms with E-state index in [2.05, 4.69) is 5.32 Å². The Labute approximate surface area is 98.7 Å². The predicted octanol–water partition coefficient (Wildman–Crippen LogP) is 1.26. The first kappa shape index (κ1) is 11.8. The molecule has 1 atom stereocenters. The number of rotatable bonds is 3. The van der Waals surface area contributed by atoms with Gasteiger partial charge in [-0.2, -0.15) is 0 Å². The molecule has 0 aromatic heterocycles. The molecular weight excluding hydrogens is 224 g/mol. The van der Waals surface area contributed by atoms with Crippen LogP contribution in [0.3, 0.4) is 0 Å². The van der Waals surface area contributed by atoms with Crippen LogP contribution in [0.5, 0.6) is 5.75 Å². The Balaban J connectivity index is 2.34. The molecule has 0 amide bonds. The molecule has 1 unspecified atom stereocenters. The summed E-state index contributed by atoms with van der Waals surface area (Å²) in [7, 11) is 1.48. The summed E-state index contributed by atoms with van der Waals surface area (Å²) in [5.41, 5.74) is 0.626. The van der Waals surface area contributed by atoms with Crippen molar-refractivity contribution in [2.45, 2.75) is 6.10 Å². The molecule has 1 saturated heterocycles. The lowest BCUT2D eigenvalue weighted by Crippen LogP contribution is -2.33. The number of nitro groups is 1. The first-order valence-corrected chi connectivity index (χ1v) is 5.37. The molecule has 17 heavy (non-hydrogen) atoms. The monoisotopic (exact) mass is 238 g/mol. The summed E-state index contributed by atoms with van der Waals surface area (Å²) in [5.74, 6) is 0.476. The van der Waals surface area contributed by atoms with Crippen molar-refractivity contribution in [2.75, 3.05) is 26.8 Å². The van der Waals surface area contributed by atoms with Crippen molar-refractivity contribution in [1.82, 2.24) is 5.32 Å². The van der Waals surface area contributed by atoms with Crippen LogP contribution in [0.15, 0.2) is 18.2 Å². The van der Waals surface area contributed by atoms with Gasteiger partial charge in [0.05, 0.1) is 30.3 Å². The third-order valence-corrected chi connectivity index (χ3v) is 2.71. The lowest BCUT2D eigenvalue weighted by atomic mass is 10.1. The Bertz CT molecular complexity index is 416. The Morgan fingerprint density at radius 2 is 2.41 bits per heavy atom. The number of nitrogens with zero attached hydrogens (tertiary/aromatic N) is 1. The Kier molecular flexibility index (Phi) is 3.55. The minimum atomic E-state index is -0.407. The molecule has 0 radical (unpaired) electrons. The molecule has 0 bridgehead atoms. The van der Waals surface area contributed by atoms with Crippen molar-refractivity contribution in [1.29, 1.82) is 0 Å². The van der Waals surface area contributed by atoms with E-state index in [0.717, 1.165) is 6.54 Å². The molecule has 1 N–H and O–H groups in total. The first-order chi connectivity index (χ1) is 8.22. The summed E-state index contributed by atoms with van der Waals surface area (Å²) in [4.78, 5) is 10.6. The number of hydrogen-bond donors (Lipinski definition) is 1. The van der Waals surface area contributed by atoms with E-state index in [0.29, 0.717) is 24.5 Å². The molecule has 1 aromatic rings. The average molecular weight is 238 g/mol. The van der Waals surface area contributed by atoms with Crippen LogP contribution in [0.2, 0.25) is 0 Å². The number of methoxy groups -OCH3 is 1. The summed E-state index contributed by atoms with van der Waals surface area (Å²) in [6.07, 6.45) is -0.268. The van der Waals surface area contributed by atoms with Gasteiger partial charge in [-0.3, -0.25) is 10.1 Å². The molecule has 1 aliphatic heterocycles. The van der Waals surface area contributed by atoms with Gasteiger partial charge < -0.3 is 14.8 Å². The standard InChI is InChI=1S/C11H14N2O4/c1-16-8-2-3-9(10(6-8)13(14)15)11-7-12-4-5-17-11/h2-3,6,11-12H,4-5,7H2,1H3. The second kappa shape index (κ2) is 5.11. The lowest BCUT2D eigenvalue weighted by molar-refractivity contribution is -0.386. The fourth-order valence-corrected chi connectivity index (χ4v) is 1.85. The second-order valence-electron chi connectivity index (χ2n) is 3.75. The lowest BCUT2D eigenvalue weighted by Gasteiger charge is -2.23. The van der Waals surface area contributed by atoms with E-state index in [1.807, 2.05) is 0 Å². The fourth-order valence-electron chi connectivity index (χ4n) is 1.85. The molecule has 6 nitrogen and oxygen atoms in total. The molecule has 0 saturated carbocycles. The summed E-state index contributed by atoms with van der Waals surface area (Å²) >= 11 is 0. The van der Waals surface area contributed by atoms with Crippen LogP contribution in [0.25, 0.3) is 0 Å². The van der Waals surface area contributed by atoms with Crippen LogP contribution in [0.1, 0.15) is 11.7 Å². The van der Waals surface area contributed by atoms with Gasteiger partial charge in [0.25, 0.3) is 5.69 Å². The molecule has 0 aliphatic carbocycles. The SMILES string of the molecule is COc1ccc(C2CNCCO2)c([N+](=O)[O-])c1. The summed E-state index contributed by atoms with van der Waals surface area (Å²) in [6, 6.07) is 4.82. The van der Waals surface area contributed by atoms with Gasteiger partial charge in [-0.1, -0.05) is 0 Å². The van der Waals surface area contributed by atoms with Crippen molar-refractivity contribution in [2.24, 2.45) is 0 Å². The van der Waals surface area contributed by atoms with Crippen LogP contribution >= 0.6 is 0 Å². The molecule has 2 rings (SSSR count). The third kappa shape index (κ3) is 2.54. The quantitative estimate of drug-likeness (QED) is 0.634. The Hall–Kier alpha value is -1.66. The molecule has 6 heteroatoms. The highest BCUT2D eigenvalue weighted by atomic mass is 16.6. The highest BCUT2D eigenvalue weighted by Crippen LogP contribution is 2.31. The van der Waals surface area contributed by atoms with Gasteiger partial charge in [-0.15, -0.1) is 0 Å². The molecule has 1 aliphatic rings. The van der Waals surface area contributed by atoms with Crippen molar-refractivity contribution in [3.63, 3.8) is 0 Å². The topological polar surface area (TPSA) is 73.6 Å². The molecule has 1 fully saturated rings. The Morgan fingerprint density at radius 3 is 3.00 bits per heavy atom. The number of nitro benzene ring substituents is 1. The number of benzene rings is 1. The highest BCUT2D eigenvalue weighted by Gasteiger charge is 2.25. The van der Waals surface area contributed by atoms with E-state index in [4.69, 9.17) is 9.47 Å². The molecule has 0 spiro atoms. The highest BCUT2D eigenvalue weighted by molar-refractivity contribution is 5.47. The zero-order valence-electron chi connectivity index (χ0n) is 9.51. The zero-order chi connectivity index (χ0) is 12.3. The van der Waals surface area contributed by atoms with Crippen molar-refractivity contribution in [3.05, 3.63) is 33.9 Å². The maximum absolute atomic E-state index is 11.0. The predicted molar refractivity (Wildman–Crippen MR) is 61.2 cm³/mol. The molecule has 1 aromatic carbocycles. The zero-order valence-corrected chi connectivity index (χ0v) is 9.51. The number of nitrogens with one attached hydrogen (secondary N) is 1. The van der Waals surface area contributed by atoms with Gasteiger partial charge in [-0.05, 0) is 12.1 Å². The van der Waals surface area contributed by atoms with E-state index in [1.165, 1.54) is 13.2 Å². The summed E-state index contributed by atoms with van der Waals surface area (Å²) in [6.45, 7) is 1.93.